The Kier molecular flexibility index (Phi) is 7.17. The Labute approximate surface area is 160 Å². The van der Waals surface area contributed by atoms with E-state index in [2.05, 4.69) is 31.1 Å². The summed E-state index contributed by atoms with van der Waals surface area (Å²) in [5.41, 5.74) is 2.04. The first-order chi connectivity index (χ1) is 12.9. The molecule has 2 amide bonds. The zero-order valence-corrected chi connectivity index (χ0v) is 16.0. The largest absolute Gasteiger partial charge is 0.481 e. The molecule has 1 unspecified atom stereocenters. The molecular weight excluding hydrogens is 340 g/mol. The highest BCUT2D eigenvalue weighted by Gasteiger charge is 2.18. The molecule has 0 heterocycles. The van der Waals surface area contributed by atoms with Gasteiger partial charge in [0, 0.05) is 6.54 Å². The van der Waals surface area contributed by atoms with Crippen LogP contribution in [0.1, 0.15) is 42.6 Å². The van der Waals surface area contributed by atoms with Crippen LogP contribution in [0.5, 0.6) is 5.75 Å². The molecule has 27 heavy (non-hydrogen) atoms. The van der Waals surface area contributed by atoms with E-state index in [1.54, 1.807) is 37.3 Å². The van der Waals surface area contributed by atoms with Crippen LogP contribution in [0.3, 0.4) is 0 Å². The normalized spacial score (nSPS) is 11.6. The van der Waals surface area contributed by atoms with Crippen molar-refractivity contribution < 1.29 is 14.3 Å². The average molecular weight is 366 g/mol. The summed E-state index contributed by atoms with van der Waals surface area (Å²) in [5, 5.41) is 5.47. The number of para-hydroxylation sites is 1. The number of hydrogen-bond donors (Lipinski definition) is 2. The number of amides is 2. The van der Waals surface area contributed by atoms with Gasteiger partial charge < -0.3 is 15.4 Å². The van der Waals surface area contributed by atoms with Crippen molar-refractivity contribution >= 4 is 17.5 Å². The molecule has 0 radical (unpaired) electrons. The minimum Gasteiger partial charge on any atom is -0.481 e. The molecule has 0 aliphatic rings. The lowest BCUT2D eigenvalue weighted by molar-refractivity contribution is -0.122. The fraction of sp³-hybridized carbons (Fsp3) is 0.273. The number of anilines is 1. The maximum atomic E-state index is 12.5. The van der Waals surface area contributed by atoms with Crippen LogP contribution in [0, 0.1) is 0 Å². The van der Waals surface area contributed by atoms with Crippen LogP contribution < -0.4 is 15.4 Å². The lowest BCUT2D eigenvalue weighted by atomic mass is 10.0. The molecular formula is C22H26N2O3. The van der Waals surface area contributed by atoms with Crippen LogP contribution in [0.2, 0.25) is 0 Å². The number of hydrogen-bond acceptors (Lipinski definition) is 3. The van der Waals surface area contributed by atoms with E-state index in [0.29, 0.717) is 29.5 Å². The number of ether oxygens (including phenoxy) is 1. The van der Waals surface area contributed by atoms with E-state index in [9.17, 15) is 9.59 Å². The smallest absolute Gasteiger partial charge is 0.265 e. The zero-order chi connectivity index (χ0) is 19.8. The molecule has 0 aliphatic heterocycles. The second-order valence-electron chi connectivity index (χ2n) is 6.52. The number of rotatable bonds is 8. The quantitative estimate of drug-likeness (QED) is 0.690. The first-order valence-electron chi connectivity index (χ1n) is 8.98. The topological polar surface area (TPSA) is 67.4 Å². The SMILES string of the molecule is C=CCNC(=O)c1ccccc1NC(=O)C(C)Oc1ccc(C(C)C)cc1. The second-order valence-corrected chi connectivity index (χ2v) is 6.52. The van der Waals surface area contributed by atoms with Gasteiger partial charge in [-0.05, 0) is 42.7 Å². The predicted octanol–water partition coefficient (Wildman–Crippen LogP) is 4.13. The molecule has 0 aromatic heterocycles. The summed E-state index contributed by atoms with van der Waals surface area (Å²) in [7, 11) is 0. The Hall–Kier alpha value is -3.08. The molecule has 5 heteroatoms. The number of benzene rings is 2. The molecule has 2 aromatic carbocycles. The molecule has 142 valence electrons. The van der Waals surface area contributed by atoms with Crippen molar-refractivity contribution in [3.63, 3.8) is 0 Å². The highest BCUT2D eigenvalue weighted by molar-refractivity contribution is 6.04. The van der Waals surface area contributed by atoms with Crippen molar-refractivity contribution in [2.75, 3.05) is 11.9 Å². The van der Waals surface area contributed by atoms with Crippen molar-refractivity contribution in [2.45, 2.75) is 32.8 Å². The molecule has 0 spiro atoms. The predicted molar refractivity (Wildman–Crippen MR) is 108 cm³/mol. The van der Waals surface area contributed by atoms with Gasteiger partial charge in [-0.1, -0.05) is 44.2 Å². The van der Waals surface area contributed by atoms with Crippen LogP contribution in [0.15, 0.2) is 61.2 Å². The van der Waals surface area contributed by atoms with Gasteiger partial charge in [-0.25, -0.2) is 0 Å². The zero-order valence-electron chi connectivity index (χ0n) is 16.0. The third kappa shape index (κ3) is 5.71. The van der Waals surface area contributed by atoms with Crippen LogP contribution in [0.4, 0.5) is 5.69 Å². The van der Waals surface area contributed by atoms with Gasteiger partial charge in [-0.2, -0.15) is 0 Å². The minimum atomic E-state index is -0.709. The van der Waals surface area contributed by atoms with Crippen molar-refractivity contribution in [3.8, 4) is 5.75 Å². The van der Waals surface area contributed by atoms with Gasteiger partial charge in [-0.3, -0.25) is 9.59 Å². The van der Waals surface area contributed by atoms with E-state index in [1.807, 2.05) is 24.3 Å². The third-order valence-corrected chi connectivity index (χ3v) is 4.07. The van der Waals surface area contributed by atoms with Crippen molar-refractivity contribution in [1.29, 1.82) is 0 Å². The van der Waals surface area contributed by atoms with Crippen LogP contribution in [0.25, 0.3) is 0 Å². The fourth-order valence-corrected chi connectivity index (χ4v) is 2.47. The summed E-state index contributed by atoms with van der Waals surface area (Å²) in [4.78, 5) is 24.7. The molecule has 2 aromatic rings. The molecule has 2 N–H and O–H groups in total. The standard InChI is InChI=1S/C22H26N2O3/c1-5-14-23-22(26)19-8-6-7-9-20(19)24-21(25)16(4)27-18-12-10-17(11-13-18)15(2)3/h5-13,15-16H,1,14H2,2-4H3,(H,23,26)(H,24,25). The molecule has 0 bridgehead atoms. The van der Waals surface area contributed by atoms with Crippen LogP contribution >= 0.6 is 0 Å². The summed E-state index contributed by atoms with van der Waals surface area (Å²) in [5.74, 6) is 0.457. The third-order valence-electron chi connectivity index (χ3n) is 4.07. The molecule has 0 aliphatic carbocycles. The maximum Gasteiger partial charge on any atom is 0.265 e. The second kappa shape index (κ2) is 9.57. The van der Waals surface area contributed by atoms with E-state index in [-0.39, 0.29) is 11.8 Å². The van der Waals surface area contributed by atoms with Gasteiger partial charge in [0.15, 0.2) is 6.10 Å². The Bertz CT molecular complexity index is 797. The summed E-state index contributed by atoms with van der Waals surface area (Å²) in [6.07, 6.45) is 0.888. The molecule has 1 atom stereocenters. The summed E-state index contributed by atoms with van der Waals surface area (Å²) < 4.78 is 5.72. The van der Waals surface area contributed by atoms with Crippen molar-refractivity contribution in [3.05, 3.63) is 72.3 Å². The van der Waals surface area contributed by atoms with Gasteiger partial charge in [-0.15, -0.1) is 6.58 Å². The number of carbonyl (C=O) groups is 2. The minimum absolute atomic E-state index is 0.274. The number of nitrogens with one attached hydrogen (secondary N) is 2. The molecule has 0 fully saturated rings. The average Bonchev–Trinajstić information content (AvgIpc) is 2.66. The van der Waals surface area contributed by atoms with Crippen LogP contribution in [-0.4, -0.2) is 24.5 Å². The first kappa shape index (κ1) is 20.2. The fourth-order valence-electron chi connectivity index (χ4n) is 2.47. The Morgan fingerprint density at radius 1 is 1.07 bits per heavy atom. The Balaban J connectivity index is 2.04. The molecule has 5 nitrogen and oxygen atoms in total. The van der Waals surface area contributed by atoms with Crippen LogP contribution in [-0.2, 0) is 4.79 Å². The van der Waals surface area contributed by atoms with Crippen molar-refractivity contribution in [2.24, 2.45) is 0 Å². The Morgan fingerprint density at radius 2 is 1.74 bits per heavy atom. The lowest BCUT2D eigenvalue weighted by Crippen LogP contribution is -2.31. The first-order valence-corrected chi connectivity index (χ1v) is 8.98. The van der Waals surface area contributed by atoms with Gasteiger partial charge >= 0.3 is 0 Å². The number of carbonyl (C=O) groups excluding carboxylic acids is 2. The molecule has 2 rings (SSSR count). The summed E-state index contributed by atoms with van der Waals surface area (Å²) >= 11 is 0. The van der Waals surface area contributed by atoms with Gasteiger partial charge in [0.05, 0.1) is 11.3 Å². The van der Waals surface area contributed by atoms with Gasteiger partial charge in [0.25, 0.3) is 11.8 Å². The lowest BCUT2D eigenvalue weighted by Gasteiger charge is -2.17. The van der Waals surface area contributed by atoms with E-state index >= 15 is 0 Å². The van der Waals surface area contributed by atoms with E-state index in [1.165, 1.54) is 5.56 Å². The highest BCUT2D eigenvalue weighted by Crippen LogP contribution is 2.20. The van der Waals surface area contributed by atoms with E-state index < -0.39 is 6.10 Å². The summed E-state index contributed by atoms with van der Waals surface area (Å²) in [6.45, 7) is 9.84. The monoisotopic (exact) mass is 366 g/mol. The van der Waals surface area contributed by atoms with E-state index in [0.717, 1.165) is 0 Å². The molecule has 0 saturated carbocycles. The molecule has 0 saturated heterocycles. The van der Waals surface area contributed by atoms with E-state index in [4.69, 9.17) is 4.74 Å². The van der Waals surface area contributed by atoms with Crippen molar-refractivity contribution in [1.82, 2.24) is 5.32 Å². The highest BCUT2D eigenvalue weighted by atomic mass is 16.5. The van der Waals surface area contributed by atoms with Gasteiger partial charge in [0.1, 0.15) is 5.75 Å². The maximum absolute atomic E-state index is 12.5. The summed E-state index contributed by atoms with van der Waals surface area (Å²) in [6, 6.07) is 14.5. The Morgan fingerprint density at radius 3 is 2.37 bits per heavy atom. The van der Waals surface area contributed by atoms with Gasteiger partial charge in [0.2, 0.25) is 0 Å².